The maximum absolute atomic E-state index is 11.7. The summed E-state index contributed by atoms with van der Waals surface area (Å²) in [5, 5.41) is 8.67. The largest absolute Gasteiger partial charge is 0.480 e. The Balaban J connectivity index is 2.99. The van der Waals surface area contributed by atoms with Gasteiger partial charge in [0.15, 0.2) is 0 Å². The highest BCUT2D eigenvalue weighted by Crippen LogP contribution is 2.25. The average molecular weight is 254 g/mol. The summed E-state index contributed by atoms with van der Waals surface area (Å²) in [6.45, 7) is 0.139. The second-order valence-corrected chi connectivity index (χ2v) is 6.43. The standard InChI is InChI=1S/C7H14N2O4S2/c1-8(2)15(12,13)9-4-5(14)3-6(9)7(10)11/h5-6,14H,3-4H2,1-2H3,(H,10,11)/t5-,6+/m1/s1. The first-order chi connectivity index (χ1) is 6.76. The van der Waals surface area contributed by atoms with Crippen LogP contribution in [0, 0.1) is 0 Å². The molecule has 0 saturated carbocycles. The Morgan fingerprint density at radius 2 is 2.07 bits per heavy atom. The van der Waals surface area contributed by atoms with Gasteiger partial charge in [-0.1, -0.05) is 0 Å². The lowest BCUT2D eigenvalue weighted by molar-refractivity contribution is -0.140. The number of aliphatic carboxylic acids is 1. The van der Waals surface area contributed by atoms with Crippen molar-refractivity contribution in [3.05, 3.63) is 0 Å². The summed E-state index contributed by atoms with van der Waals surface area (Å²) in [5.74, 6) is -1.13. The van der Waals surface area contributed by atoms with Gasteiger partial charge in [0, 0.05) is 25.9 Å². The fourth-order valence-corrected chi connectivity index (χ4v) is 3.25. The van der Waals surface area contributed by atoms with Crippen LogP contribution >= 0.6 is 12.6 Å². The van der Waals surface area contributed by atoms with E-state index in [2.05, 4.69) is 12.6 Å². The number of carboxylic acid groups (broad SMARTS) is 1. The van der Waals surface area contributed by atoms with Crippen molar-refractivity contribution in [2.45, 2.75) is 17.7 Å². The molecular weight excluding hydrogens is 240 g/mol. The molecular formula is C7H14N2O4S2. The van der Waals surface area contributed by atoms with E-state index in [1.54, 1.807) is 0 Å². The molecule has 1 aliphatic heterocycles. The van der Waals surface area contributed by atoms with Gasteiger partial charge < -0.3 is 5.11 Å². The van der Waals surface area contributed by atoms with E-state index in [4.69, 9.17) is 5.11 Å². The van der Waals surface area contributed by atoms with Gasteiger partial charge in [-0.3, -0.25) is 4.79 Å². The molecule has 15 heavy (non-hydrogen) atoms. The Kier molecular flexibility index (Phi) is 3.64. The van der Waals surface area contributed by atoms with Crippen LogP contribution in [-0.4, -0.2) is 60.0 Å². The van der Waals surface area contributed by atoms with Crippen molar-refractivity contribution in [1.29, 1.82) is 0 Å². The smallest absolute Gasteiger partial charge is 0.322 e. The number of nitrogens with zero attached hydrogens (tertiary/aromatic N) is 2. The third-order valence-corrected chi connectivity index (χ3v) is 4.57. The Morgan fingerprint density at radius 1 is 1.53 bits per heavy atom. The number of rotatable bonds is 3. The van der Waals surface area contributed by atoms with E-state index >= 15 is 0 Å². The summed E-state index contributed by atoms with van der Waals surface area (Å²) >= 11 is 4.12. The van der Waals surface area contributed by atoms with Crippen molar-refractivity contribution < 1.29 is 18.3 Å². The van der Waals surface area contributed by atoms with Gasteiger partial charge in [0.25, 0.3) is 10.2 Å². The zero-order valence-corrected chi connectivity index (χ0v) is 10.2. The molecule has 1 rings (SSSR count). The van der Waals surface area contributed by atoms with E-state index in [9.17, 15) is 13.2 Å². The SMILES string of the molecule is CN(C)S(=O)(=O)N1C[C@H](S)C[C@H]1C(=O)O. The van der Waals surface area contributed by atoms with Crippen LogP contribution in [0.4, 0.5) is 0 Å². The third kappa shape index (κ3) is 2.44. The van der Waals surface area contributed by atoms with E-state index in [1.165, 1.54) is 14.1 Å². The normalized spacial score (nSPS) is 28.5. The number of carboxylic acids is 1. The predicted octanol–water partition coefficient (Wildman–Crippen LogP) is -0.750. The zero-order chi connectivity index (χ0) is 11.8. The van der Waals surface area contributed by atoms with E-state index in [-0.39, 0.29) is 18.2 Å². The van der Waals surface area contributed by atoms with Gasteiger partial charge in [0.1, 0.15) is 6.04 Å². The van der Waals surface area contributed by atoms with Crippen LogP contribution < -0.4 is 0 Å². The molecule has 88 valence electrons. The van der Waals surface area contributed by atoms with Gasteiger partial charge in [0.2, 0.25) is 0 Å². The van der Waals surface area contributed by atoms with E-state index in [0.717, 1.165) is 8.61 Å². The first-order valence-electron chi connectivity index (χ1n) is 4.37. The van der Waals surface area contributed by atoms with Crippen LogP contribution in [0.1, 0.15) is 6.42 Å². The molecule has 0 aliphatic carbocycles. The quantitative estimate of drug-likeness (QED) is 0.650. The molecule has 0 aromatic carbocycles. The maximum atomic E-state index is 11.7. The van der Waals surface area contributed by atoms with Crippen LogP contribution in [0.15, 0.2) is 0 Å². The van der Waals surface area contributed by atoms with Crippen molar-refractivity contribution >= 4 is 28.8 Å². The molecule has 1 saturated heterocycles. The Bertz CT molecular complexity index is 354. The van der Waals surface area contributed by atoms with Gasteiger partial charge in [-0.05, 0) is 6.42 Å². The summed E-state index contributed by atoms with van der Waals surface area (Å²) in [7, 11) is -0.917. The summed E-state index contributed by atoms with van der Waals surface area (Å²) in [5.41, 5.74) is 0. The summed E-state index contributed by atoms with van der Waals surface area (Å²) < 4.78 is 25.5. The molecule has 0 unspecified atom stereocenters. The third-order valence-electron chi connectivity index (χ3n) is 2.28. The lowest BCUT2D eigenvalue weighted by atomic mass is 10.2. The molecule has 1 fully saturated rings. The highest BCUT2D eigenvalue weighted by Gasteiger charge is 2.43. The van der Waals surface area contributed by atoms with Gasteiger partial charge in [-0.15, -0.1) is 0 Å². The fraction of sp³-hybridized carbons (Fsp3) is 0.857. The Hall–Kier alpha value is -0.310. The minimum Gasteiger partial charge on any atom is -0.480 e. The van der Waals surface area contributed by atoms with Crippen LogP contribution in [-0.2, 0) is 15.0 Å². The molecule has 0 aromatic heterocycles. The van der Waals surface area contributed by atoms with Gasteiger partial charge in [0.05, 0.1) is 0 Å². The molecule has 1 heterocycles. The molecule has 8 heteroatoms. The first kappa shape index (κ1) is 12.8. The van der Waals surface area contributed by atoms with Crippen LogP contribution in [0.2, 0.25) is 0 Å². The molecule has 2 atom stereocenters. The van der Waals surface area contributed by atoms with Crippen LogP contribution in [0.25, 0.3) is 0 Å². The van der Waals surface area contributed by atoms with Crippen molar-refractivity contribution in [3.63, 3.8) is 0 Å². The second kappa shape index (κ2) is 4.28. The molecule has 1 aliphatic rings. The Morgan fingerprint density at radius 3 is 2.47 bits per heavy atom. The van der Waals surface area contributed by atoms with Crippen molar-refractivity contribution in [2.75, 3.05) is 20.6 Å². The first-order valence-corrected chi connectivity index (χ1v) is 6.28. The van der Waals surface area contributed by atoms with E-state index < -0.39 is 22.2 Å². The summed E-state index contributed by atoms with van der Waals surface area (Å²) in [6, 6.07) is -1.00. The second-order valence-electron chi connectivity index (χ2n) is 3.60. The van der Waals surface area contributed by atoms with Gasteiger partial charge in [-0.2, -0.15) is 29.7 Å². The van der Waals surface area contributed by atoms with Gasteiger partial charge in [-0.25, -0.2) is 0 Å². The number of carbonyl (C=O) groups is 1. The molecule has 0 amide bonds. The van der Waals surface area contributed by atoms with E-state index in [1.807, 2.05) is 0 Å². The summed E-state index contributed by atoms with van der Waals surface area (Å²) in [4.78, 5) is 10.9. The molecule has 0 bridgehead atoms. The Labute approximate surface area is 94.4 Å². The monoisotopic (exact) mass is 254 g/mol. The molecule has 6 nitrogen and oxygen atoms in total. The van der Waals surface area contributed by atoms with Crippen molar-refractivity contribution in [3.8, 4) is 0 Å². The lowest BCUT2D eigenvalue weighted by Gasteiger charge is -2.24. The lowest BCUT2D eigenvalue weighted by Crippen LogP contribution is -2.46. The fourth-order valence-electron chi connectivity index (χ4n) is 1.47. The topological polar surface area (TPSA) is 77.9 Å². The number of hydrogen-bond donors (Lipinski definition) is 2. The number of thiol groups is 1. The van der Waals surface area contributed by atoms with Crippen LogP contribution in [0.3, 0.4) is 0 Å². The highest BCUT2D eigenvalue weighted by molar-refractivity contribution is 7.86. The minimum absolute atomic E-state index is 0.139. The highest BCUT2D eigenvalue weighted by atomic mass is 32.2. The molecule has 0 radical (unpaired) electrons. The van der Waals surface area contributed by atoms with Crippen molar-refractivity contribution in [1.82, 2.24) is 8.61 Å². The molecule has 1 N–H and O–H groups in total. The van der Waals surface area contributed by atoms with Crippen molar-refractivity contribution in [2.24, 2.45) is 0 Å². The average Bonchev–Trinajstić information content (AvgIpc) is 2.47. The van der Waals surface area contributed by atoms with E-state index in [0.29, 0.717) is 0 Å². The van der Waals surface area contributed by atoms with Crippen LogP contribution in [0.5, 0.6) is 0 Å². The zero-order valence-electron chi connectivity index (χ0n) is 8.49. The summed E-state index contributed by atoms with van der Waals surface area (Å²) in [6.07, 6.45) is 0.242. The molecule has 0 spiro atoms. The maximum Gasteiger partial charge on any atom is 0.322 e. The van der Waals surface area contributed by atoms with Gasteiger partial charge >= 0.3 is 5.97 Å². The predicted molar refractivity (Wildman–Crippen MR) is 58.1 cm³/mol. The molecule has 0 aromatic rings. The number of hydrogen-bond acceptors (Lipinski definition) is 4. The minimum atomic E-state index is -3.67.